The fourth-order valence-corrected chi connectivity index (χ4v) is 1.33. The molecule has 1 aromatic carbocycles. The molecule has 0 saturated heterocycles. The first kappa shape index (κ1) is 15.2. The van der Waals surface area contributed by atoms with E-state index in [1.54, 1.807) is 25.1 Å². The zero-order valence-corrected chi connectivity index (χ0v) is 11.3. The van der Waals surface area contributed by atoms with Gasteiger partial charge in [0.05, 0.1) is 5.69 Å². The largest absolute Gasteiger partial charge is 0.382 e. The molecule has 0 bridgehead atoms. The highest BCUT2D eigenvalue weighted by Gasteiger charge is 2.05. The van der Waals surface area contributed by atoms with Gasteiger partial charge in [-0.25, -0.2) is 0 Å². The monoisotopic (exact) mass is 272 g/mol. The van der Waals surface area contributed by atoms with Crippen molar-refractivity contribution in [3.05, 3.63) is 23.8 Å². The number of hydrazone groups is 1. The van der Waals surface area contributed by atoms with Crippen molar-refractivity contribution in [2.45, 2.75) is 20.3 Å². The third-order valence-corrected chi connectivity index (χ3v) is 2.49. The number of nitrogens with zero attached hydrogens (tertiary/aromatic N) is 2. The number of hydrogen-bond donors (Lipinski definition) is 4. The second-order valence-electron chi connectivity index (χ2n) is 4.03. The van der Waals surface area contributed by atoms with Crippen molar-refractivity contribution < 1.29 is 4.79 Å². The minimum absolute atomic E-state index is 0.0928. The number of anilines is 2. The summed E-state index contributed by atoms with van der Waals surface area (Å²) in [6, 6.07) is 6.99. The Kier molecular flexibility index (Phi) is 5.23. The van der Waals surface area contributed by atoms with Gasteiger partial charge < -0.3 is 11.1 Å². The van der Waals surface area contributed by atoms with Gasteiger partial charge in [0.2, 0.25) is 11.6 Å². The molecule has 0 unspecified atom stereocenters. The lowest BCUT2D eigenvalue weighted by atomic mass is 10.2. The summed E-state index contributed by atoms with van der Waals surface area (Å²) < 4.78 is 0. The SMILES string of the molecule is CCC(=O)Nc1ccc(C)c(N/N=C(\C#N)C(=N)N)c1. The van der Waals surface area contributed by atoms with Crippen LogP contribution in [0, 0.1) is 23.7 Å². The molecule has 0 atom stereocenters. The van der Waals surface area contributed by atoms with Crippen LogP contribution in [0.3, 0.4) is 0 Å². The quantitative estimate of drug-likeness (QED) is 0.368. The van der Waals surface area contributed by atoms with Crippen molar-refractivity contribution in [1.82, 2.24) is 0 Å². The molecule has 7 nitrogen and oxygen atoms in total. The lowest BCUT2D eigenvalue weighted by Gasteiger charge is -2.09. The molecule has 0 fully saturated rings. The Labute approximate surface area is 117 Å². The standard InChI is InChI=1S/C13H16N6O/c1-3-12(20)17-9-5-4-8(2)10(6-9)18-19-11(7-14)13(15)16/h4-6,18H,3H2,1-2H3,(H3,15,16)(H,17,20)/b19-11+. The molecule has 7 heteroatoms. The average molecular weight is 272 g/mol. The number of hydrogen-bond acceptors (Lipinski definition) is 5. The zero-order valence-electron chi connectivity index (χ0n) is 11.3. The maximum Gasteiger partial charge on any atom is 0.224 e. The molecule has 5 N–H and O–H groups in total. The van der Waals surface area contributed by atoms with Gasteiger partial charge in [-0.1, -0.05) is 13.0 Å². The van der Waals surface area contributed by atoms with Gasteiger partial charge >= 0.3 is 0 Å². The van der Waals surface area contributed by atoms with Gasteiger partial charge in [-0.3, -0.25) is 15.6 Å². The molecule has 1 rings (SSSR count). The molecule has 104 valence electrons. The first-order valence-corrected chi connectivity index (χ1v) is 5.96. The first-order chi connectivity index (χ1) is 9.47. The number of amidine groups is 1. The maximum absolute atomic E-state index is 11.3. The zero-order chi connectivity index (χ0) is 15.1. The summed E-state index contributed by atoms with van der Waals surface area (Å²) in [5.74, 6) is -0.502. The topological polar surface area (TPSA) is 127 Å². The van der Waals surface area contributed by atoms with Gasteiger partial charge in [0, 0.05) is 12.1 Å². The van der Waals surface area contributed by atoms with Crippen molar-refractivity contribution >= 4 is 28.8 Å². The van der Waals surface area contributed by atoms with Gasteiger partial charge in [0.1, 0.15) is 6.07 Å². The van der Waals surface area contributed by atoms with E-state index in [1.807, 2.05) is 13.0 Å². The third-order valence-electron chi connectivity index (χ3n) is 2.49. The number of nitriles is 1. The Morgan fingerprint density at radius 2 is 2.25 bits per heavy atom. The van der Waals surface area contributed by atoms with Crippen LogP contribution in [0.5, 0.6) is 0 Å². The van der Waals surface area contributed by atoms with Crippen LogP contribution in [0.25, 0.3) is 0 Å². The Morgan fingerprint density at radius 3 is 2.80 bits per heavy atom. The van der Waals surface area contributed by atoms with E-state index in [-0.39, 0.29) is 11.6 Å². The summed E-state index contributed by atoms with van der Waals surface area (Å²) in [5, 5.41) is 22.4. The van der Waals surface area contributed by atoms with E-state index < -0.39 is 5.84 Å². The summed E-state index contributed by atoms with van der Waals surface area (Å²) in [7, 11) is 0. The third kappa shape index (κ3) is 4.10. The smallest absolute Gasteiger partial charge is 0.224 e. The molecule has 1 aromatic rings. The molecular formula is C13H16N6O. The minimum Gasteiger partial charge on any atom is -0.382 e. The highest BCUT2D eigenvalue weighted by atomic mass is 16.1. The van der Waals surface area contributed by atoms with Crippen LogP contribution in [0.15, 0.2) is 23.3 Å². The number of rotatable bonds is 5. The molecule has 0 radical (unpaired) electrons. The van der Waals surface area contributed by atoms with E-state index in [9.17, 15) is 4.79 Å². The van der Waals surface area contributed by atoms with Gasteiger partial charge in [0.25, 0.3) is 0 Å². The molecule has 0 saturated carbocycles. The van der Waals surface area contributed by atoms with Crippen molar-refractivity contribution in [3.8, 4) is 6.07 Å². The van der Waals surface area contributed by atoms with E-state index in [2.05, 4.69) is 15.8 Å². The predicted octanol–water partition coefficient (Wildman–Crippen LogP) is 1.57. The predicted molar refractivity (Wildman–Crippen MR) is 78.7 cm³/mol. The van der Waals surface area contributed by atoms with Gasteiger partial charge in [0.15, 0.2) is 5.84 Å². The molecule has 0 aromatic heterocycles. The van der Waals surface area contributed by atoms with E-state index in [4.69, 9.17) is 16.4 Å². The molecule has 20 heavy (non-hydrogen) atoms. The van der Waals surface area contributed by atoms with Crippen LogP contribution in [0.2, 0.25) is 0 Å². The van der Waals surface area contributed by atoms with Crippen LogP contribution in [0.1, 0.15) is 18.9 Å². The van der Waals surface area contributed by atoms with Gasteiger partial charge in [-0.15, -0.1) is 0 Å². The molecule has 0 heterocycles. The number of benzene rings is 1. The Hall–Kier alpha value is -2.88. The lowest BCUT2D eigenvalue weighted by molar-refractivity contribution is -0.115. The summed E-state index contributed by atoms with van der Waals surface area (Å²) in [6.07, 6.45) is 0.387. The number of carbonyl (C=O) groups excluding carboxylic acids is 1. The van der Waals surface area contributed by atoms with Crippen molar-refractivity contribution in [1.29, 1.82) is 10.7 Å². The van der Waals surface area contributed by atoms with Crippen LogP contribution >= 0.6 is 0 Å². The summed E-state index contributed by atoms with van der Waals surface area (Å²) >= 11 is 0. The fraction of sp³-hybridized carbons (Fsp3) is 0.231. The van der Waals surface area contributed by atoms with Gasteiger partial charge in [-0.2, -0.15) is 10.4 Å². The molecule has 0 aliphatic rings. The van der Waals surface area contributed by atoms with Crippen molar-refractivity contribution in [2.24, 2.45) is 10.8 Å². The molecular weight excluding hydrogens is 256 g/mol. The number of amides is 1. The molecule has 0 spiro atoms. The fourth-order valence-electron chi connectivity index (χ4n) is 1.33. The lowest BCUT2D eigenvalue weighted by Crippen LogP contribution is -2.22. The number of nitrogens with one attached hydrogen (secondary N) is 3. The second kappa shape index (κ2) is 6.89. The second-order valence-corrected chi connectivity index (χ2v) is 4.03. The number of aryl methyl sites for hydroxylation is 1. The van der Waals surface area contributed by atoms with Gasteiger partial charge in [-0.05, 0) is 24.6 Å². The highest BCUT2D eigenvalue weighted by molar-refractivity contribution is 6.45. The molecule has 0 aliphatic carbocycles. The van der Waals surface area contributed by atoms with Crippen molar-refractivity contribution in [2.75, 3.05) is 10.7 Å². The normalized spacial score (nSPS) is 10.6. The average Bonchev–Trinajstić information content (AvgIpc) is 2.42. The van der Waals surface area contributed by atoms with E-state index in [0.29, 0.717) is 17.8 Å². The first-order valence-electron chi connectivity index (χ1n) is 5.96. The highest BCUT2D eigenvalue weighted by Crippen LogP contribution is 2.20. The number of carbonyl (C=O) groups is 1. The Bertz CT molecular complexity index is 599. The molecule has 1 amide bonds. The van der Waals surface area contributed by atoms with E-state index in [1.165, 1.54) is 0 Å². The Balaban J connectivity index is 2.95. The molecule has 0 aliphatic heterocycles. The van der Waals surface area contributed by atoms with E-state index in [0.717, 1.165) is 5.56 Å². The summed E-state index contributed by atoms with van der Waals surface area (Å²) in [6.45, 7) is 3.61. The van der Waals surface area contributed by atoms with Crippen LogP contribution in [-0.4, -0.2) is 17.5 Å². The van der Waals surface area contributed by atoms with Crippen molar-refractivity contribution in [3.63, 3.8) is 0 Å². The minimum atomic E-state index is -0.409. The number of nitrogens with two attached hydrogens (primary N) is 1. The summed E-state index contributed by atoms with van der Waals surface area (Å²) in [4.78, 5) is 11.3. The van der Waals surface area contributed by atoms with E-state index >= 15 is 0 Å². The van der Waals surface area contributed by atoms with Crippen LogP contribution in [0.4, 0.5) is 11.4 Å². The summed E-state index contributed by atoms with van der Waals surface area (Å²) in [5.41, 5.74) is 9.79. The Morgan fingerprint density at radius 1 is 1.55 bits per heavy atom. The van der Waals surface area contributed by atoms with Crippen LogP contribution in [-0.2, 0) is 4.79 Å². The maximum atomic E-state index is 11.3. The van der Waals surface area contributed by atoms with Crippen LogP contribution < -0.4 is 16.5 Å².